The monoisotopic (exact) mass is 346 g/mol. The van der Waals surface area contributed by atoms with Crippen LogP contribution in [0.1, 0.15) is 32.6 Å². The number of aromatic nitrogens is 1. The van der Waals surface area contributed by atoms with E-state index in [0.29, 0.717) is 41.4 Å². The van der Waals surface area contributed by atoms with Gasteiger partial charge in [-0.15, -0.1) is 0 Å². The van der Waals surface area contributed by atoms with Gasteiger partial charge < -0.3 is 9.32 Å². The number of hydrogen-bond donors (Lipinski definition) is 0. The highest BCUT2D eigenvalue weighted by Crippen LogP contribution is 2.28. The third-order valence-electron chi connectivity index (χ3n) is 4.47. The SMILES string of the molecule is C[C@@H]1C[C@@H](C)CN(C(=O)CCc2ncc(-c3ccccc3Cl)o2)C1. The van der Waals surface area contributed by atoms with Crippen LogP contribution in [0.3, 0.4) is 0 Å². The number of halogens is 1. The molecule has 0 saturated carbocycles. The lowest BCUT2D eigenvalue weighted by atomic mass is 9.91. The van der Waals surface area contributed by atoms with E-state index < -0.39 is 0 Å². The van der Waals surface area contributed by atoms with Crippen molar-refractivity contribution in [1.29, 1.82) is 0 Å². The summed E-state index contributed by atoms with van der Waals surface area (Å²) in [5, 5.41) is 0.632. The van der Waals surface area contributed by atoms with E-state index in [1.807, 2.05) is 29.2 Å². The Morgan fingerprint density at radius 3 is 2.71 bits per heavy atom. The second-order valence-corrected chi connectivity index (χ2v) is 7.25. The van der Waals surface area contributed by atoms with Crippen molar-refractivity contribution in [3.8, 4) is 11.3 Å². The number of amides is 1. The summed E-state index contributed by atoms with van der Waals surface area (Å²) in [5.74, 6) is 2.56. The van der Waals surface area contributed by atoms with Crippen LogP contribution in [-0.4, -0.2) is 28.9 Å². The fourth-order valence-corrected chi connectivity index (χ4v) is 3.68. The summed E-state index contributed by atoms with van der Waals surface area (Å²) in [6.07, 6.45) is 3.82. The van der Waals surface area contributed by atoms with Crippen molar-refractivity contribution in [3.63, 3.8) is 0 Å². The first-order valence-corrected chi connectivity index (χ1v) is 8.88. The molecule has 2 atom stereocenters. The molecule has 3 rings (SSSR count). The van der Waals surface area contributed by atoms with Crippen molar-refractivity contribution < 1.29 is 9.21 Å². The predicted molar refractivity (Wildman–Crippen MR) is 94.8 cm³/mol. The first-order chi connectivity index (χ1) is 11.5. The Labute approximate surface area is 147 Å². The molecule has 5 heteroatoms. The number of carbonyl (C=O) groups excluding carboxylic acids is 1. The summed E-state index contributed by atoms with van der Waals surface area (Å²) in [4.78, 5) is 18.7. The normalized spacial score (nSPS) is 21.0. The van der Waals surface area contributed by atoms with E-state index in [-0.39, 0.29) is 5.91 Å². The summed E-state index contributed by atoms with van der Waals surface area (Å²) < 4.78 is 5.76. The summed E-state index contributed by atoms with van der Waals surface area (Å²) in [5.41, 5.74) is 0.822. The van der Waals surface area contributed by atoms with Crippen molar-refractivity contribution in [2.45, 2.75) is 33.1 Å². The highest BCUT2D eigenvalue weighted by molar-refractivity contribution is 6.33. The zero-order valence-corrected chi connectivity index (χ0v) is 14.9. The Bertz CT molecular complexity index is 703. The van der Waals surface area contributed by atoms with Gasteiger partial charge in [-0.3, -0.25) is 4.79 Å². The summed E-state index contributed by atoms with van der Waals surface area (Å²) in [6.45, 7) is 6.14. The van der Waals surface area contributed by atoms with Crippen LogP contribution in [0.2, 0.25) is 5.02 Å². The highest BCUT2D eigenvalue weighted by Gasteiger charge is 2.25. The van der Waals surface area contributed by atoms with Crippen molar-refractivity contribution in [2.24, 2.45) is 11.8 Å². The average molecular weight is 347 g/mol. The summed E-state index contributed by atoms with van der Waals surface area (Å²) >= 11 is 6.18. The lowest BCUT2D eigenvalue weighted by molar-refractivity contribution is -0.133. The second kappa shape index (κ2) is 7.39. The van der Waals surface area contributed by atoms with Gasteiger partial charge in [0.25, 0.3) is 0 Å². The minimum Gasteiger partial charge on any atom is -0.441 e. The number of likely N-dealkylation sites (tertiary alicyclic amines) is 1. The molecule has 0 bridgehead atoms. The van der Waals surface area contributed by atoms with Crippen molar-refractivity contribution >= 4 is 17.5 Å². The molecule has 0 aliphatic carbocycles. The van der Waals surface area contributed by atoms with Gasteiger partial charge in [-0.05, 0) is 30.4 Å². The Hall–Kier alpha value is -1.81. The van der Waals surface area contributed by atoms with E-state index in [4.69, 9.17) is 16.0 Å². The molecule has 128 valence electrons. The lowest BCUT2D eigenvalue weighted by Crippen LogP contribution is -2.42. The molecule has 0 spiro atoms. The van der Waals surface area contributed by atoms with Crippen LogP contribution in [0.4, 0.5) is 0 Å². The molecule has 2 aromatic rings. The largest absolute Gasteiger partial charge is 0.441 e. The minimum atomic E-state index is 0.186. The fourth-order valence-electron chi connectivity index (χ4n) is 3.45. The molecule has 24 heavy (non-hydrogen) atoms. The van der Waals surface area contributed by atoms with Gasteiger partial charge in [0.2, 0.25) is 5.91 Å². The summed E-state index contributed by atoms with van der Waals surface area (Å²) in [6, 6.07) is 7.50. The maximum absolute atomic E-state index is 12.4. The van der Waals surface area contributed by atoms with E-state index in [1.54, 1.807) is 6.20 Å². The topological polar surface area (TPSA) is 46.3 Å². The molecule has 4 nitrogen and oxygen atoms in total. The highest BCUT2D eigenvalue weighted by atomic mass is 35.5. The van der Waals surface area contributed by atoms with Gasteiger partial charge in [0.1, 0.15) is 0 Å². The number of aryl methyl sites for hydroxylation is 1. The second-order valence-electron chi connectivity index (χ2n) is 6.84. The van der Waals surface area contributed by atoms with Crippen molar-refractivity contribution in [1.82, 2.24) is 9.88 Å². The number of rotatable bonds is 4. The smallest absolute Gasteiger partial charge is 0.223 e. The number of piperidine rings is 1. The van der Waals surface area contributed by atoms with E-state index in [2.05, 4.69) is 18.8 Å². The van der Waals surface area contributed by atoms with Crippen LogP contribution in [-0.2, 0) is 11.2 Å². The van der Waals surface area contributed by atoms with Crippen molar-refractivity contribution in [3.05, 3.63) is 41.4 Å². The fraction of sp³-hybridized carbons (Fsp3) is 0.474. The first-order valence-electron chi connectivity index (χ1n) is 8.50. The standard InChI is InChI=1S/C19H23ClN2O2/c1-13-9-14(2)12-22(11-13)19(23)8-7-18-21-10-17(24-18)15-5-3-4-6-16(15)20/h3-6,10,13-14H,7-9,11-12H2,1-2H3/t13-,14-/m1/s1. The number of benzene rings is 1. The van der Waals surface area contributed by atoms with Crippen LogP contribution in [0.25, 0.3) is 11.3 Å². The Morgan fingerprint density at radius 2 is 2.00 bits per heavy atom. The van der Waals surface area contributed by atoms with Crippen LogP contribution in [0.15, 0.2) is 34.9 Å². The molecular weight excluding hydrogens is 324 g/mol. The molecular formula is C19H23ClN2O2. The van der Waals surface area contributed by atoms with Gasteiger partial charge in [0.15, 0.2) is 11.7 Å². The van der Waals surface area contributed by atoms with Gasteiger partial charge in [0.05, 0.1) is 11.2 Å². The molecule has 0 radical (unpaired) electrons. The van der Waals surface area contributed by atoms with Gasteiger partial charge in [0, 0.05) is 31.5 Å². The number of hydrogen-bond acceptors (Lipinski definition) is 3. The third kappa shape index (κ3) is 3.99. The Morgan fingerprint density at radius 1 is 1.29 bits per heavy atom. The minimum absolute atomic E-state index is 0.186. The van der Waals surface area contributed by atoms with Crippen LogP contribution < -0.4 is 0 Å². The van der Waals surface area contributed by atoms with Gasteiger partial charge >= 0.3 is 0 Å². The Kier molecular flexibility index (Phi) is 5.24. The van der Waals surface area contributed by atoms with E-state index in [9.17, 15) is 4.79 Å². The molecule has 1 aliphatic rings. The molecule has 0 N–H and O–H groups in total. The van der Waals surface area contributed by atoms with Gasteiger partial charge in [-0.25, -0.2) is 4.98 Å². The van der Waals surface area contributed by atoms with E-state index in [1.165, 1.54) is 6.42 Å². The van der Waals surface area contributed by atoms with E-state index >= 15 is 0 Å². The van der Waals surface area contributed by atoms with Gasteiger partial charge in [-0.1, -0.05) is 37.6 Å². The molecule has 1 amide bonds. The number of oxazole rings is 1. The molecule has 1 fully saturated rings. The quantitative estimate of drug-likeness (QED) is 0.822. The molecule has 1 aromatic carbocycles. The maximum Gasteiger partial charge on any atom is 0.223 e. The molecule has 1 aromatic heterocycles. The average Bonchev–Trinajstić information content (AvgIpc) is 3.01. The number of carbonyl (C=O) groups is 1. The zero-order valence-electron chi connectivity index (χ0n) is 14.2. The lowest BCUT2D eigenvalue weighted by Gasteiger charge is -2.35. The predicted octanol–water partition coefficient (Wildman–Crippen LogP) is 4.43. The van der Waals surface area contributed by atoms with Gasteiger partial charge in [-0.2, -0.15) is 0 Å². The molecule has 1 aliphatic heterocycles. The maximum atomic E-state index is 12.4. The number of nitrogens with zero attached hydrogens (tertiary/aromatic N) is 2. The van der Waals surface area contributed by atoms with Crippen LogP contribution in [0, 0.1) is 11.8 Å². The Balaban J connectivity index is 1.59. The molecule has 2 heterocycles. The molecule has 0 unspecified atom stereocenters. The zero-order chi connectivity index (χ0) is 17.1. The van der Waals surface area contributed by atoms with Crippen molar-refractivity contribution in [2.75, 3.05) is 13.1 Å². The summed E-state index contributed by atoms with van der Waals surface area (Å²) in [7, 11) is 0. The molecule has 1 saturated heterocycles. The third-order valence-corrected chi connectivity index (χ3v) is 4.80. The van der Waals surface area contributed by atoms with E-state index in [0.717, 1.165) is 18.7 Å². The van der Waals surface area contributed by atoms with Crippen LogP contribution in [0.5, 0.6) is 0 Å². The first kappa shape index (κ1) is 17.0. The van der Waals surface area contributed by atoms with Crippen LogP contribution >= 0.6 is 11.6 Å².